The van der Waals surface area contributed by atoms with Gasteiger partial charge in [0.1, 0.15) is 24.0 Å². The fourth-order valence-corrected chi connectivity index (χ4v) is 2.10. The van der Waals surface area contributed by atoms with Crippen molar-refractivity contribution in [3.8, 4) is 5.75 Å². The first-order valence-electron chi connectivity index (χ1n) is 6.90. The number of hydrogen-bond donors (Lipinski definition) is 2. The lowest BCUT2D eigenvalue weighted by atomic mass is 10.1. The molecule has 0 aromatic heterocycles. The molecule has 0 radical (unpaired) electrons. The number of carbonyl (C=O) groups excluding carboxylic acids is 2. The third-order valence-electron chi connectivity index (χ3n) is 3.33. The molecule has 1 unspecified atom stereocenters. The molecule has 0 spiro atoms. The summed E-state index contributed by atoms with van der Waals surface area (Å²) in [4.78, 5) is 34.6. The molecule has 124 valence electrons. The number of carbonyl (C=O) groups is 2. The van der Waals surface area contributed by atoms with Crippen LogP contribution in [0.5, 0.6) is 5.75 Å². The van der Waals surface area contributed by atoms with Crippen LogP contribution in [0.25, 0.3) is 0 Å². The molecule has 1 atom stereocenters. The third-order valence-corrected chi connectivity index (χ3v) is 3.33. The Labute approximate surface area is 132 Å². The number of urea groups is 1. The molecule has 1 aliphatic rings. The molecule has 2 rings (SSSR count). The summed E-state index contributed by atoms with van der Waals surface area (Å²) in [5, 5.41) is 23.0. The highest BCUT2D eigenvalue weighted by atomic mass is 16.6. The molecule has 1 aromatic rings. The zero-order chi connectivity index (χ0) is 17.2. The molecule has 3 amide bonds. The Bertz CT molecular complexity index is 628. The lowest BCUT2D eigenvalue weighted by Gasteiger charge is -2.19. The van der Waals surface area contributed by atoms with E-state index in [1.54, 1.807) is 13.8 Å². The summed E-state index contributed by atoms with van der Waals surface area (Å²) >= 11 is 0. The third kappa shape index (κ3) is 3.75. The van der Waals surface area contributed by atoms with E-state index in [1.807, 2.05) is 0 Å². The second kappa shape index (κ2) is 6.21. The van der Waals surface area contributed by atoms with Gasteiger partial charge in [0.05, 0.1) is 11.5 Å². The number of aliphatic hydroxyl groups excluding tert-OH is 1. The molecule has 9 heteroatoms. The Morgan fingerprint density at radius 2 is 1.96 bits per heavy atom. The van der Waals surface area contributed by atoms with E-state index in [0.29, 0.717) is 5.75 Å². The largest absolute Gasteiger partial charge is 0.491 e. The second-order valence-electron chi connectivity index (χ2n) is 5.69. The van der Waals surface area contributed by atoms with Crippen molar-refractivity contribution in [1.82, 2.24) is 10.2 Å². The Balaban J connectivity index is 1.88. The molecule has 0 saturated carbocycles. The minimum atomic E-state index is -1.08. The van der Waals surface area contributed by atoms with Gasteiger partial charge in [0, 0.05) is 12.1 Å². The van der Waals surface area contributed by atoms with E-state index in [-0.39, 0.29) is 18.8 Å². The summed E-state index contributed by atoms with van der Waals surface area (Å²) in [5.41, 5.74) is -1.06. The van der Waals surface area contributed by atoms with Crippen molar-refractivity contribution in [2.75, 3.05) is 13.2 Å². The van der Waals surface area contributed by atoms with Crippen molar-refractivity contribution < 1.29 is 24.4 Å². The van der Waals surface area contributed by atoms with Gasteiger partial charge < -0.3 is 15.2 Å². The van der Waals surface area contributed by atoms with Crippen molar-refractivity contribution in [3.63, 3.8) is 0 Å². The van der Waals surface area contributed by atoms with Crippen LogP contribution in [0.3, 0.4) is 0 Å². The van der Waals surface area contributed by atoms with Crippen molar-refractivity contribution in [1.29, 1.82) is 0 Å². The van der Waals surface area contributed by atoms with E-state index in [9.17, 15) is 24.8 Å². The minimum Gasteiger partial charge on any atom is -0.491 e. The Morgan fingerprint density at radius 1 is 1.35 bits per heavy atom. The molecule has 1 aliphatic heterocycles. The maximum Gasteiger partial charge on any atom is 0.325 e. The van der Waals surface area contributed by atoms with Gasteiger partial charge in [-0.05, 0) is 26.0 Å². The van der Waals surface area contributed by atoms with Crippen molar-refractivity contribution in [3.05, 3.63) is 34.4 Å². The van der Waals surface area contributed by atoms with Crippen molar-refractivity contribution in [2.45, 2.75) is 25.5 Å². The van der Waals surface area contributed by atoms with E-state index in [4.69, 9.17) is 4.74 Å². The summed E-state index contributed by atoms with van der Waals surface area (Å²) in [5.74, 6) is -0.0796. The summed E-state index contributed by atoms with van der Waals surface area (Å²) in [7, 11) is 0. The van der Waals surface area contributed by atoms with Crippen LogP contribution >= 0.6 is 0 Å². The molecule has 2 N–H and O–H groups in total. The van der Waals surface area contributed by atoms with E-state index in [2.05, 4.69) is 5.32 Å². The molecule has 9 nitrogen and oxygen atoms in total. The standard InChI is InChI=1S/C14H17N3O6/c1-14(2)12(19)16(13(20)15-14)7-10(18)8-23-11-5-3-9(4-6-11)17(21)22/h3-6,10,18H,7-8H2,1-2H3,(H,15,20). The average Bonchev–Trinajstić information content (AvgIpc) is 2.67. The van der Waals surface area contributed by atoms with Crippen LogP contribution in [0.4, 0.5) is 10.5 Å². The molecule has 0 aliphatic carbocycles. The van der Waals surface area contributed by atoms with Crippen LogP contribution in [0.2, 0.25) is 0 Å². The first-order valence-corrected chi connectivity index (χ1v) is 6.90. The SMILES string of the molecule is CC1(C)NC(=O)N(CC(O)COc2ccc([N+](=O)[O-])cc2)C1=O. The summed E-state index contributed by atoms with van der Waals surface area (Å²) in [6, 6.07) is 4.81. The van der Waals surface area contributed by atoms with Gasteiger partial charge in [0.15, 0.2) is 0 Å². The number of non-ortho nitro benzene ring substituents is 1. The van der Waals surface area contributed by atoms with Gasteiger partial charge >= 0.3 is 6.03 Å². The van der Waals surface area contributed by atoms with E-state index in [0.717, 1.165) is 4.90 Å². The van der Waals surface area contributed by atoms with Crippen molar-refractivity contribution >= 4 is 17.6 Å². The van der Waals surface area contributed by atoms with E-state index in [1.165, 1.54) is 24.3 Å². The maximum absolute atomic E-state index is 12.0. The maximum atomic E-state index is 12.0. The molecule has 1 heterocycles. The number of nitro benzene ring substituents is 1. The molecule has 1 saturated heterocycles. The van der Waals surface area contributed by atoms with E-state index >= 15 is 0 Å². The Hall–Kier alpha value is -2.68. The summed E-state index contributed by atoms with van der Waals surface area (Å²) in [6.45, 7) is 2.80. The molecule has 1 aromatic carbocycles. The molecular weight excluding hydrogens is 306 g/mol. The topological polar surface area (TPSA) is 122 Å². The fourth-order valence-electron chi connectivity index (χ4n) is 2.10. The zero-order valence-corrected chi connectivity index (χ0v) is 12.7. The van der Waals surface area contributed by atoms with Gasteiger partial charge in [-0.1, -0.05) is 0 Å². The van der Waals surface area contributed by atoms with Crippen molar-refractivity contribution in [2.24, 2.45) is 0 Å². The fraction of sp³-hybridized carbons (Fsp3) is 0.429. The van der Waals surface area contributed by atoms with Gasteiger partial charge in [0.25, 0.3) is 11.6 Å². The molecule has 1 fully saturated rings. The number of β-amino-alcohol motifs (C(OH)–C–C–N with tert-alkyl or cyclic N) is 1. The highest BCUT2D eigenvalue weighted by Crippen LogP contribution is 2.19. The average molecular weight is 323 g/mol. The highest BCUT2D eigenvalue weighted by Gasteiger charge is 2.44. The second-order valence-corrected chi connectivity index (χ2v) is 5.69. The lowest BCUT2D eigenvalue weighted by molar-refractivity contribution is -0.384. The quantitative estimate of drug-likeness (QED) is 0.450. The van der Waals surface area contributed by atoms with Crippen LogP contribution in [0.1, 0.15) is 13.8 Å². The normalized spacial score (nSPS) is 17.8. The van der Waals surface area contributed by atoms with Crippen LogP contribution < -0.4 is 10.1 Å². The summed E-state index contributed by atoms with van der Waals surface area (Å²) in [6.07, 6.45) is -1.08. The Kier molecular flexibility index (Phi) is 4.50. The van der Waals surface area contributed by atoms with Crippen LogP contribution in [0, 0.1) is 10.1 Å². The van der Waals surface area contributed by atoms with Crippen LogP contribution in [-0.4, -0.2) is 51.7 Å². The molecule has 23 heavy (non-hydrogen) atoms. The number of aliphatic hydroxyl groups is 1. The number of amides is 3. The number of hydrogen-bond acceptors (Lipinski definition) is 6. The first-order chi connectivity index (χ1) is 10.7. The Morgan fingerprint density at radius 3 is 2.43 bits per heavy atom. The van der Waals surface area contributed by atoms with Gasteiger partial charge in [-0.3, -0.25) is 19.8 Å². The molecule has 0 bridgehead atoms. The molecular formula is C14H17N3O6. The van der Waals surface area contributed by atoms with E-state index < -0.39 is 28.5 Å². The van der Waals surface area contributed by atoms with Crippen LogP contribution in [0.15, 0.2) is 24.3 Å². The number of rotatable bonds is 6. The number of nitrogens with zero attached hydrogens (tertiary/aromatic N) is 2. The monoisotopic (exact) mass is 323 g/mol. The number of imide groups is 1. The van der Waals surface area contributed by atoms with Gasteiger partial charge in [-0.15, -0.1) is 0 Å². The lowest BCUT2D eigenvalue weighted by Crippen LogP contribution is -2.42. The van der Waals surface area contributed by atoms with Gasteiger partial charge in [-0.25, -0.2) is 4.79 Å². The zero-order valence-electron chi connectivity index (χ0n) is 12.7. The predicted octanol–water partition coefficient (Wildman–Crippen LogP) is 0.665. The minimum absolute atomic E-state index is 0.0699. The number of nitro groups is 1. The number of nitrogens with one attached hydrogen (secondary N) is 1. The van der Waals surface area contributed by atoms with Gasteiger partial charge in [0.2, 0.25) is 0 Å². The predicted molar refractivity (Wildman–Crippen MR) is 78.9 cm³/mol. The number of ether oxygens (including phenoxy) is 1. The number of benzene rings is 1. The van der Waals surface area contributed by atoms with Gasteiger partial charge in [-0.2, -0.15) is 0 Å². The smallest absolute Gasteiger partial charge is 0.325 e. The van der Waals surface area contributed by atoms with Crippen LogP contribution in [-0.2, 0) is 4.79 Å². The first kappa shape index (κ1) is 16.7. The summed E-state index contributed by atoms with van der Waals surface area (Å²) < 4.78 is 5.29. The highest BCUT2D eigenvalue weighted by molar-refractivity contribution is 6.06.